The van der Waals surface area contributed by atoms with E-state index >= 15 is 0 Å². The number of fused-ring (bicyclic) bond motifs is 1. The summed E-state index contributed by atoms with van der Waals surface area (Å²) in [5.74, 6) is 1.15. The number of likely N-dealkylation sites (N-methyl/N-ethyl adjacent to an activating group) is 1. The second kappa shape index (κ2) is 6.20. The fourth-order valence-electron chi connectivity index (χ4n) is 4.55. The summed E-state index contributed by atoms with van der Waals surface area (Å²) < 4.78 is 2.06. The first kappa shape index (κ1) is 15.6. The van der Waals surface area contributed by atoms with Gasteiger partial charge in [0.2, 0.25) is 5.91 Å². The molecule has 2 aliphatic heterocycles. The minimum Gasteiger partial charge on any atom is -0.337 e. The standard InChI is InChI=1S/C19H26N4O/c1-14-20-15-7-3-4-8-16(15)23(14)13-19(24)22-12-6-10-18(22)17-9-5-11-21(17)2/h3-4,7-8,17-18H,5-6,9-13H2,1-2H3. The lowest BCUT2D eigenvalue weighted by molar-refractivity contribution is -0.133. The molecule has 2 fully saturated rings. The van der Waals surface area contributed by atoms with E-state index in [0.717, 1.165) is 42.8 Å². The third kappa shape index (κ3) is 2.61. The second-order valence-corrected chi connectivity index (χ2v) is 7.22. The Kier molecular flexibility index (Phi) is 4.04. The molecule has 0 radical (unpaired) electrons. The van der Waals surface area contributed by atoms with Crippen molar-refractivity contribution in [1.29, 1.82) is 0 Å². The Bertz CT molecular complexity index is 753. The summed E-state index contributed by atoms with van der Waals surface area (Å²) in [6.07, 6.45) is 4.75. The molecule has 2 atom stereocenters. The van der Waals surface area contributed by atoms with Gasteiger partial charge in [-0.2, -0.15) is 0 Å². The van der Waals surface area contributed by atoms with Gasteiger partial charge in [-0.1, -0.05) is 12.1 Å². The molecule has 5 nitrogen and oxygen atoms in total. The number of carbonyl (C=O) groups excluding carboxylic acids is 1. The highest BCUT2D eigenvalue weighted by Gasteiger charge is 2.38. The maximum atomic E-state index is 13.0. The van der Waals surface area contributed by atoms with Crippen LogP contribution in [0.3, 0.4) is 0 Å². The Labute approximate surface area is 143 Å². The van der Waals surface area contributed by atoms with Gasteiger partial charge in [0.15, 0.2) is 0 Å². The highest BCUT2D eigenvalue weighted by atomic mass is 16.2. The van der Waals surface area contributed by atoms with Crippen LogP contribution in [0.5, 0.6) is 0 Å². The number of imidazole rings is 1. The number of amides is 1. The van der Waals surface area contributed by atoms with Crippen LogP contribution in [0.15, 0.2) is 24.3 Å². The summed E-state index contributed by atoms with van der Waals surface area (Å²) in [7, 11) is 2.20. The number of hydrogen-bond acceptors (Lipinski definition) is 3. The Hall–Kier alpha value is -1.88. The van der Waals surface area contributed by atoms with Crippen LogP contribution < -0.4 is 0 Å². The number of aromatic nitrogens is 2. The van der Waals surface area contributed by atoms with Crippen LogP contribution in [0.1, 0.15) is 31.5 Å². The van der Waals surface area contributed by atoms with Crippen molar-refractivity contribution >= 4 is 16.9 Å². The van der Waals surface area contributed by atoms with Gasteiger partial charge in [0.1, 0.15) is 12.4 Å². The third-order valence-electron chi connectivity index (χ3n) is 5.78. The maximum Gasteiger partial charge on any atom is 0.242 e. The van der Waals surface area contributed by atoms with E-state index in [1.165, 1.54) is 12.8 Å². The SMILES string of the molecule is Cc1nc2ccccc2n1CC(=O)N1CCCC1C1CCCN1C. The van der Waals surface area contributed by atoms with E-state index < -0.39 is 0 Å². The Morgan fingerprint density at radius 1 is 1.17 bits per heavy atom. The first-order chi connectivity index (χ1) is 11.6. The smallest absolute Gasteiger partial charge is 0.242 e. The molecule has 24 heavy (non-hydrogen) atoms. The topological polar surface area (TPSA) is 41.4 Å². The molecule has 0 bridgehead atoms. The van der Waals surface area contributed by atoms with Crippen molar-refractivity contribution in [3.8, 4) is 0 Å². The van der Waals surface area contributed by atoms with Gasteiger partial charge in [0.05, 0.1) is 11.0 Å². The molecule has 5 heteroatoms. The third-order valence-corrected chi connectivity index (χ3v) is 5.78. The fourth-order valence-corrected chi connectivity index (χ4v) is 4.55. The van der Waals surface area contributed by atoms with Crippen LogP contribution in [0.4, 0.5) is 0 Å². The molecule has 2 aromatic rings. The first-order valence-corrected chi connectivity index (χ1v) is 9.07. The zero-order chi connectivity index (χ0) is 16.7. The largest absolute Gasteiger partial charge is 0.337 e. The van der Waals surface area contributed by atoms with Gasteiger partial charge < -0.3 is 14.4 Å². The number of nitrogens with zero attached hydrogens (tertiary/aromatic N) is 4. The first-order valence-electron chi connectivity index (χ1n) is 9.07. The Morgan fingerprint density at radius 2 is 1.92 bits per heavy atom. The van der Waals surface area contributed by atoms with E-state index in [9.17, 15) is 4.79 Å². The van der Waals surface area contributed by atoms with Gasteiger partial charge in [-0.3, -0.25) is 4.79 Å². The molecule has 0 aliphatic carbocycles. The molecule has 128 valence electrons. The molecule has 0 N–H and O–H groups in total. The number of rotatable bonds is 3. The van der Waals surface area contributed by atoms with E-state index in [4.69, 9.17) is 0 Å². The number of benzene rings is 1. The summed E-state index contributed by atoms with van der Waals surface area (Å²) in [4.78, 5) is 22.2. The maximum absolute atomic E-state index is 13.0. The van der Waals surface area contributed by atoms with Crippen molar-refractivity contribution in [2.75, 3.05) is 20.1 Å². The average molecular weight is 326 g/mol. The van der Waals surface area contributed by atoms with Crippen molar-refractivity contribution in [1.82, 2.24) is 19.4 Å². The molecule has 2 aliphatic rings. The summed E-state index contributed by atoms with van der Waals surface area (Å²) >= 11 is 0. The number of aryl methyl sites for hydroxylation is 1. The molecule has 3 heterocycles. The molecule has 0 spiro atoms. The zero-order valence-corrected chi connectivity index (χ0v) is 14.6. The highest BCUT2D eigenvalue weighted by molar-refractivity contribution is 5.81. The zero-order valence-electron chi connectivity index (χ0n) is 14.6. The normalized spacial score (nSPS) is 25.0. The van der Waals surface area contributed by atoms with E-state index in [-0.39, 0.29) is 5.91 Å². The minimum atomic E-state index is 0.240. The lowest BCUT2D eigenvalue weighted by atomic mass is 10.0. The van der Waals surface area contributed by atoms with Crippen molar-refractivity contribution in [2.45, 2.75) is 51.2 Å². The lowest BCUT2D eigenvalue weighted by Crippen LogP contribution is -2.48. The van der Waals surface area contributed by atoms with E-state index in [1.54, 1.807) is 0 Å². The predicted octanol–water partition coefficient (Wildman–Crippen LogP) is 2.43. The van der Waals surface area contributed by atoms with Crippen LogP contribution in [0.25, 0.3) is 11.0 Å². The predicted molar refractivity (Wildman–Crippen MR) is 94.9 cm³/mol. The van der Waals surface area contributed by atoms with Crippen LogP contribution in [0.2, 0.25) is 0 Å². The summed E-state index contributed by atoms with van der Waals surface area (Å²) in [5, 5.41) is 0. The summed E-state index contributed by atoms with van der Waals surface area (Å²) in [6, 6.07) is 8.99. The van der Waals surface area contributed by atoms with E-state index in [1.807, 2.05) is 25.1 Å². The number of hydrogen-bond donors (Lipinski definition) is 0. The number of likely N-dealkylation sites (tertiary alicyclic amines) is 2. The van der Waals surface area contributed by atoms with Crippen LogP contribution in [0, 0.1) is 6.92 Å². The molecule has 0 saturated carbocycles. The number of carbonyl (C=O) groups is 1. The van der Waals surface area contributed by atoms with Gasteiger partial charge in [-0.05, 0) is 58.3 Å². The second-order valence-electron chi connectivity index (χ2n) is 7.22. The Morgan fingerprint density at radius 3 is 2.71 bits per heavy atom. The van der Waals surface area contributed by atoms with E-state index in [0.29, 0.717) is 18.6 Å². The van der Waals surface area contributed by atoms with Crippen molar-refractivity contribution in [3.63, 3.8) is 0 Å². The van der Waals surface area contributed by atoms with Gasteiger partial charge in [0.25, 0.3) is 0 Å². The lowest BCUT2D eigenvalue weighted by Gasteiger charge is -2.33. The fraction of sp³-hybridized carbons (Fsp3) is 0.579. The highest BCUT2D eigenvalue weighted by Crippen LogP contribution is 2.29. The molecule has 1 aromatic heterocycles. The molecule has 4 rings (SSSR count). The molecule has 2 saturated heterocycles. The van der Waals surface area contributed by atoms with Crippen LogP contribution >= 0.6 is 0 Å². The quantitative estimate of drug-likeness (QED) is 0.870. The molecule has 1 amide bonds. The molecule has 1 aromatic carbocycles. The van der Waals surface area contributed by atoms with Gasteiger partial charge in [-0.25, -0.2) is 4.98 Å². The van der Waals surface area contributed by atoms with Crippen LogP contribution in [-0.2, 0) is 11.3 Å². The van der Waals surface area contributed by atoms with Crippen molar-refractivity contribution in [3.05, 3.63) is 30.1 Å². The molecular formula is C19H26N4O. The van der Waals surface area contributed by atoms with Crippen LogP contribution in [-0.4, -0.2) is 57.5 Å². The summed E-state index contributed by atoms with van der Waals surface area (Å²) in [6.45, 7) is 4.45. The molecule has 2 unspecified atom stereocenters. The summed E-state index contributed by atoms with van der Waals surface area (Å²) in [5.41, 5.74) is 2.02. The van der Waals surface area contributed by atoms with Gasteiger partial charge >= 0.3 is 0 Å². The van der Waals surface area contributed by atoms with Gasteiger partial charge in [0, 0.05) is 18.6 Å². The van der Waals surface area contributed by atoms with Crippen molar-refractivity contribution < 1.29 is 4.79 Å². The average Bonchev–Trinajstić information content (AvgIpc) is 3.27. The number of para-hydroxylation sites is 2. The van der Waals surface area contributed by atoms with E-state index in [2.05, 4.69) is 32.5 Å². The monoisotopic (exact) mass is 326 g/mol. The Balaban J connectivity index is 1.55. The van der Waals surface area contributed by atoms with Crippen molar-refractivity contribution in [2.24, 2.45) is 0 Å². The molecular weight excluding hydrogens is 300 g/mol. The minimum absolute atomic E-state index is 0.240. The van der Waals surface area contributed by atoms with Gasteiger partial charge in [-0.15, -0.1) is 0 Å².